The Kier molecular flexibility index (Phi) is 9.18. The molecule has 0 aliphatic rings. The number of benzene rings is 2. The Labute approximate surface area is 199 Å². The largest absolute Gasteiger partial charge is 0.435 e. The molecule has 0 fully saturated rings. The standard InChI is InChI=1S/C20H22F4N4O4S2/c1-11-5-7-14(34(29,30)28(3)4)10-16(11)25-20(33)27-26-12(2)15-8-6-13(31-18(21)22)9-17(15)32-19(23)24/h5-10,18-19H,1-4H3,(H2,25,27,33)/b26-12+. The van der Waals surface area contributed by atoms with Gasteiger partial charge in [-0.3, -0.25) is 5.43 Å². The maximum atomic E-state index is 12.8. The van der Waals surface area contributed by atoms with Crippen LogP contribution in [0.15, 0.2) is 46.4 Å². The lowest BCUT2D eigenvalue weighted by molar-refractivity contribution is -0.0543. The fourth-order valence-electron chi connectivity index (χ4n) is 2.62. The third-order valence-electron chi connectivity index (χ3n) is 4.35. The highest BCUT2D eigenvalue weighted by Crippen LogP contribution is 2.28. The van der Waals surface area contributed by atoms with E-state index in [0.29, 0.717) is 11.3 Å². The zero-order chi connectivity index (χ0) is 25.6. The molecule has 186 valence electrons. The number of nitrogens with one attached hydrogen (secondary N) is 2. The van der Waals surface area contributed by atoms with Crippen molar-refractivity contribution in [1.82, 2.24) is 9.73 Å². The third-order valence-corrected chi connectivity index (χ3v) is 6.35. The summed E-state index contributed by atoms with van der Waals surface area (Å²) in [5, 5.41) is 6.80. The molecule has 0 saturated heterocycles. The second-order valence-electron chi connectivity index (χ2n) is 6.94. The van der Waals surface area contributed by atoms with E-state index >= 15 is 0 Å². The molecule has 0 unspecified atom stereocenters. The Hall–Kier alpha value is -2.97. The van der Waals surface area contributed by atoms with Crippen LogP contribution in [-0.2, 0) is 10.0 Å². The Morgan fingerprint density at radius 2 is 1.71 bits per heavy atom. The highest BCUT2D eigenvalue weighted by Gasteiger charge is 2.19. The minimum atomic E-state index is -3.67. The quantitative estimate of drug-likeness (QED) is 0.221. The van der Waals surface area contributed by atoms with Crippen molar-refractivity contribution in [1.29, 1.82) is 0 Å². The highest BCUT2D eigenvalue weighted by molar-refractivity contribution is 7.89. The number of nitrogens with zero attached hydrogens (tertiary/aromatic N) is 2. The number of rotatable bonds is 9. The molecule has 0 saturated carbocycles. The van der Waals surface area contributed by atoms with Crippen LogP contribution < -0.4 is 20.2 Å². The van der Waals surface area contributed by atoms with Gasteiger partial charge in [0.05, 0.1) is 10.6 Å². The van der Waals surface area contributed by atoms with Crippen molar-refractivity contribution in [2.45, 2.75) is 32.0 Å². The van der Waals surface area contributed by atoms with Crippen molar-refractivity contribution in [2.75, 3.05) is 19.4 Å². The van der Waals surface area contributed by atoms with Gasteiger partial charge in [-0.1, -0.05) is 6.07 Å². The number of thiocarbonyl (C=S) groups is 1. The van der Waals surface area contributed by atoms with Gasteiger partial charge in [-0.25, -0.2) is 12.7 Å². The van der Waals surface area contributed by atoms with Crippen LogP contribution in [0.25, 0.3) is 0 Å². The molecular weight excluding hydrogens is 500 g/mol. The van der Waals surface area contributed by atoms with Gasteiger partial charge in [-0.15, -0.1) is 0 Å². The number of hydrogen-bond donors (Lipinski definition) is 2. The van der Waals surface area contributed by atoms with Gasteiger partial charge in [0.15, 0.2) is 5.11 Å². The monoisotopic (exact) mass is 522 g/mol. The molecule has 0 heterocycles. The van der Waals surface area contributed by atoms with Crippen LogP contribution in [0.1, 0.15) is 18.1 Å². The summed E-state index contributed by atoms with van der Waals surface area (Å²) >= 11 is 5.18. The molecule has 2 rings (SSSR count). The second kappa shape index (κ2) is 11.4. The van der Waals surface area contributed by atoms with Crippen LogP contribution in [0.2, 0.25) is 0 Å². The van der Waals surface area contributed by atoms with Crippen LogP contribution in [0.5, 0.6) is 11.5 Å². The predicted molar refractivity (Wildman–Crippen MR) is 123 cm³/mol. The van der Waals surface area contributed by atoms with E-state index in [1.54, 1.807) is 13.0 Å². The lowest BCUT2D eigenvalue weighted by Crippen LogP contribution is -2.26. The second-order valence-corrected chi connectivity index (χ2v) is 9.50. The first-order chi connectivity index (χ1) is 15.8. The SMILES string of the molecule is C/C(=N\NC(=S)Nc1cc(S(=O)(=O)N(C)C)ccc1C)c1ccc(OC(F)F)cc1OC(F)F. The summed E-state index contributed by atoms with van der Waals surface area (Å²) < 4.78 is 84.8. The molecule has 0 spiro atoms. The van der Waals surface area contributed by atoms with Gasteiger partial charge < -0.3 is 14.8 Å². The summed E-state index contributed by atoms with van der Waals surface area (Å²) in [7, 11) is -0.856. The fraction of sp³-hybridized carbons (Fsp3) is 0.300. The Bertz CT molecular complexity index is 1180. The molecule has 2 aromatic carbocycles. The summed E-state index contributed by atoms with van der Waals surface area (Å²) in [5.74, 6) is -0.789. The van der Waals surface area contributed by atoms with Crippen LogP contribution in [0.4, 0.5) is 23.2 Å². The van der Waals surface area contributed by atoms with E-state index in [2.05, 4.69) is 25.3 Å². The summed E-state index contributed by atoms with van der Waals surface area (Å²) in [6.45, 7) is -3.16. The molecular formula is C20H22F4N4O4S2. The van der Waals surface area contributed by atoms with Gasteiger partial charge in [0.2, 0.25) is 10.0 Å². The van der Waals surface area contributed by atoms with Crippen molar-refractivity contribution >= 4 is 38.8 Å². The molecule has 2 aromatic rings. The zero-order valence-electron chi connectivity index (χ0n) is 18.5. The molecule has 0 atom stereocenters. The number of hydrazone groups is 1. The molecule has 0 amide bonds. The molecule has 0 aromatic heterocycles. The van der Waals surface area contributed by atoms with E-state index in [1.807, 2.05) is 0 Å². The zero-order valence-corrected chi connectivity index (χ0v) is 20.1. The lowest BCUT2D eigenvalue weighted by Gasteiger charge is -2.15. The maximum absolute atomic E-state index is 12.8. The molecule has 0 aliphatic heterocycles. The topological polar surface area (TPSA) is 92.3 Å². The van der Waals surface area contributed by atoms with Gasteiger partial charge in [0.1, 0.15) is 11.5 Å². The van der Waals surface area contributed by atoms with Crippen LogP contribution >= 0.6 is 12.2 Å². The van der Waals surface area contributed by atoms with E-state index in [9.17, 15) is 26.0 Å². The van der Waals surface area contributed by atoms with Crippen LogP contribution in [-0.4, -0.2) is 50.9 Å². The molecule has 34 heavy (non-hydrogen) atoms. The summed E-state index contributed by atoms with van der Waals surface area (Å²) in [5.41, 5.74) is 3.84. The minimum Gasteiger partial charge on any atom is -0.435 e. The van der Waals surface area contributed by atoms with Crippen molar-refractivity contribution < 1.29 is 35.5 Å². The number of halogens is 4. The number of alkyl halides is 4. The normalized spacial score (nSPS) is 12.3. The summed E-state index contributed by atoms with van der Waals surface area (Å²) in [4.78, 5) is 0.0491. The molecule has 0 bridgehead atoms. The average molecular weight is 523 g/mol. The highest BCUT2D eigenvalue weighted by atomic mass is 32.2. The van der Waals surface area contributed by atoms with E-state index < -0.39 is 29.0 Å². The molecule has 14 heteroatoms. The van der Waals surface area contributed by atoms with Crippen LogP contribution in [0, 0.1) is 6.92 Å². The number of ether oxygens (including phenoxy) is 2. The van der Waals surface area contributed by atoms with Gasteiger partial charge in [-0.05, 0) is 55.9 Å². The van der Waals surface area contributed by atoms with E-state index in [1.165, 1.54) is 39.2 Å². The first-order valence-electron chi connectivity index (χ1n) is 9.49. The minimum absolute atomic E-state index is 0.0177. The molecule has 2 N–H and O–H groups in total. The van der Waals surface area contributed by atoms with Crippen molar-refractivity contribution in [3.63, 3.8) is 0 Å². The number of aryl methyl sites for hydroxylation is 1. The number of hydrogen-bond acceptors (Lipinski definition) is 6. The summed E-state index contributed by atoms with van der Waals surface area (Å²) in [6.07, 6.45) is 0. The molecule has 0 radical (unpaired) electrons. The molecule has 0 aliphatic carbocycles. The first kappa shape index (κ1) is 27.3. The predicted octanol–water partition coefficient (Wildman–Crippen LogP) is 4.16. The Morgan fingerprint density at radius 1 is 1.06 bits per heavy atom. The van der Waals surface area contributed by atoms with E-state index in [0.717, 1.165) is 16.4 Å². The number of sulfonamides is 1. The van der Waals surface area contributed by atoms with Gasteiger partial charge in [0.25, 0.3) is 0 Å². The Morgan fingerprint density at radius 3 is 2.29 bits per heavy atom. The van der Waals surface area contributed by atoms with E-state index in [4.69, 9.17) is 12.2 Å². The Balaban J connectivity index is 2.22. The van der Waals surface area contributed by atoms with Gasteiger partial charge in [0, 0.05) is 31.4 Å². The smallest absolute Gasteiger partial charge is 0.387 e. The first-order valence-corrected chi connectivity index (χ1v) is 11.3. The van der Waals surface area contributed by atoms with Gasteiger partial charge in [-0.2, -0.15) is 22.7 Å². The van der Waals surface area contributed by atoms with Crippen molar-refractivity contribution in [3.05, 3.63) is 47.5 Å². The lowest BCUT2D eigenvalue weighted by atomic mass is 10.1. The van der Waals surface area contributed by atoms with E-state index in [-0.39, 0.29) is 27.0 Å². The number of anilines is 1. The van der Waals surface area contributed by atoms with Gasteiger partial charge >= 0.3 is 13.2 Å². The average Bonchev–Trinajstić information content (AvgIpc) is 2.72. The molecule has 8 nitrogen and oxygen atoms in total. The van der Waals surface area contributed by atoms with Crippen molar-refractivity contribution in [3.8, 4) is 11.5 Å². The third kappa shape index (κ3) is 7.27. The summed E-state index contributed by atoms with van der Waals surface area (Å²) in [6, 6.07) is 7.74. The van der Waals surface area contributed by atoms with Crippen LogP contribution in [0.3, 0.4) is 0 Å². The maximum Gasteiger partial charge on any atom is 0.387 e. The fourth-order valence-corrected chi connectivity index (χ4v) is 3.71. The van der Waals surface area contributed by atoms with Crippen molar-refractivity contribution in [2.24, 2.45) is 5.10 Å².